The second kappa shape index (κ2) is 8.43. The molecule has 0 bridgehead atoms. The van der Waals surface area contributed by atoms with Crippen LogP contribution < -0.4 is 10.6 Å². The summed E-state index contributed by atoms with van der Waals surface area (Å²) in [6.07, 6.45) is 0.0818. The number of nitrogens with zero attached hydrogens (tertiary/aromatic N) is 2. The summed E-state index contributed by atoms with van der Waals surface area (Å²) in [5.41, 5.74) is 1.58. The highest BCUT2D eigenvalue weighted by atomic mass is 79.9. The summed E-state index contributed by atoms with van der Waals surface area (Å²) in [6.45, 7) is 5.93. The summed E-state index contributed by atoms with van der Waals surface area (Å²) in [5.74, 6) is -0.140. The number of carbonyl (C=O) groups is 2. The fraction of sp³-hybridized carbons (Fsp3) is 0.375. The van der Waals surface area contributed by atoms with Crippen molar-refractivity contribution in [1.29, 1.82) is 0 Å². The van der Waals surface area contributed by atoms with Gasteiger partial charge in [-0.3, -0.25) is 9.59 Å². The van der Waals surface area contributed by atoms with E-state index in [1.807, 2.05) is 32.9 Å². The molecule has 8 heteroatoms. The predicted octanol–water partition coefficient (Wildman–Crippen LogP) is 3.40. The van der Waals surface area contributed by atoms with E-state index in [9.17, 15) is 9.59 Å². The summed E-state index contributed by atoms with van der Waals surface area (Å²) >= 11 is 4.57. The fourth-order valence-corrected chi connectivity index (χ4v) is 2.92. The van der Waals surface area contributed by atoms with Gasteiger partial charge in [-0.05, 0) is 37.1 Å². The van der Waals surface area contributed by atoms with Crippen LogP contribution in [-0.4, -0.2) is 27.9 Å². The lowest BCUT2D eigenvalue weighted by Gasteiger charge is -2.07. The minimum Gasteiger partial charge on any atom is -0.326 e. The lowest BCUT2D eigenvalue weighted by molar-refractivity contribution is -0.122. The van der Waals surface area contributed by atoms with Crippen LogP contribution in [0.5, 0.6) is 0 Å². The fourth-order valence-electron chi connectivity index (χ4n) is 1.74. The quantitative estimate of drug-likeness (QED) is 0.576. The minimum absolute atomic E-state index is 0.0818. The van der Waals surface area contributed by atoms with Crippen molar-refractivity contribution in [2.45, 2.75) is 32.4 Å². The van der Waals surface area contributed by atoms with Crippen molar-refractivity contribution < 1.29 is 9.59 Å². The Hall–Kier alpha value is -1.67. The Kier molecular flexibility index (Phi) is 6.56. The molecule has 2 rings (SSSR count). The van der Waals surface area contributed by atoms with Crippen molar-refractivity contribution >= 4 is 56.1 Å². The van der Waals surface area contributed by atoms with Crippen LogP contribution in [0.25, 0.3) is 0 Å². The maximum absolute atomic E-state index is 12.1. The molecule has 6 nitrogen and oxygen atoms in total. The molecular formula is C16H19BrN4O2S. The summed E-state index contributed by atoms with van der Waals surface area (Å²) in [5, 5.41) is 13.5. The van der Waals surface area contributed by atoms with E-state index in [2.05, 4.69) is 36.8 Å². The van der Waals surface area contributed by atoms with Crippen LogP contribution in [0, 0.1) is 5.92 Å². The van der Waals surface area contributed by atoms with E-state index in [0.717, 1.165) is 10.2 Å². The molecule has 0 radical (unpaired) electrons. The highest BCUT2D eigenvalue weighted by Crippen LogP contribution is 2.23. The van der Waals surface area contributed by atoms with Crippen molar-refractivity contribution in [2.24, 2.45) is 16.1 Å². The first-order valence-corrected chi connectivity index (χ1v) is 9.17. The zero-order valence-electron chi connectivity index (χ0n) is 13.7. The molecule has 24 heavy (non-hydrogen) atoms. The maximum Gasteiger partial charge on any atom is 0.240 e. The molecule has 1 aromatic carbocycles. The Balaban J connectivity index is 1.92. The summed E-state index contributed by atoms with van der Waals surface area (Å²) < 4.78 is 0.935. The summed E-state index contributed by atoms with van der Waals surface area (Å²) in [7, 11) is 0. The number of hydrogen-bond donors (Lipinski definition) is 2. The van der Waals surface area contributed by atoms with Gasteiger partial charge in [-0.15, -0.1) is 5.10 Å². The van der Waals surface area contributed by atoms with Crippen LogP contribution in [0.3, 0.4) is 0 Å². The molecule has 1 aliphatic rings. The van der Waals surface area contributed by atoms with E-state index < -0.39 is 5.25 Å². The number of anilines is 1. The number of hydrogen-bond acceptors (Lipinski definition) is 5. The lowest BCUT2D eigenvalue weighted by atomic mass is 10.1. The van der Waals surface area contributed by atoms with E-state index in [1.54, 1.807) is 12.1 Å². The van der Waals surface area contributed by atoms with Gasteiger partial charge >= 0.3 is 0 Å². The highest BCUT2D eigenvalue weighted by Gasteiger charge is 2.32. The predicted molar refractivity (Wildman–Crippen MR) is 102 cm³/mol. The molecule has 128 valence electrons. The second-order valence-corrected chi connectivity index (χ2v) is 7.76. The van der Waals surface area contributed by atoms with E-state index in [4.69, 9.17) is 0 Å². The zero-order valence-corrected chi connectivity index (χ0v) is 16.1. The average molecular weight is 411 g/mol. The number of carbonyl (C=O) groups excluding carboxylic acids is 2. The molecule has 0 aliphatic carbocycles. The molecule has 1 atom stereocenters. The number of benzene rings is 1. The highest BCUT2D eigenvalue weighted by molar-refractivity contribution is 9.10. The van der Waals surface area contributed by atoms with Gasteiger partial charge in [-0.2, -0.15) is 5.10 Å². The van der Waals surface area contributed by atoms with E-state index >= 15 is 0 Å². The Morgan fingerprint density at radius 1 is 1.38 bits per heavy atom. The molecule has 1 aromatic rings. The van der Waals surface area contributed by atoms with Gasteiger partial charge in [-0.25, -0.2) is 0 Å². The first-order valence-electron chi connectivity index (χ1n) is 7.50. The largest absolute Gasteiger partial charge is 0.326 e. The van der Waals surface area contributed by atoms with Crippen molar-refractivity contribution in [2.75, 3.05) is 5.32 Å². The normalized spacial score (nSPS) is 19.7. The molecule has 2 N–H and O–H groups in total. The molecule has 0 spiro atoms. The Labute approximate surface area is 153 Å². The van der Waals surface area contributed by atoms with Crippen LogP contribution in [0.1, 0.15) is 27.2 Å². The van der Waals surface area contributed by atoms with Crippen LogP contribution in [0.15, 0.2) is 38.9 Å². The van der Waals surface area contributed by atoms with Crippen LogP contribution in [0.4, 0.5) is 5.69 Å². The van der Waals surface area contributed by atoms with Crippen molar-refractivity contribution in [1.82, 2.24) is 5.32 Å². The average Bonchev–Trinajstić information content (AvgIpc) is 2.87. The van der Waals surface area contributed by atoms with Gasteiger partial charge in [0.25, 0.3) is 0 Å². The summed E-state index contributed by atoms with van der Waals surface area (Å²) in [4.78, 5) is 24.0. The molecule has 1 fully saturated rings. The maximum atomic E-state index is 12.1. The van der Waals surface area contributed by atoms with Gasteiger partial charge in [0.2, 0.25) is 11.8 Å². The number of halogens is 1. The van der Waals surface area contributed by atoms with Crippen LogP contribution in [-0.2, 0) is 9.59 Å². The van der Waals surface area contributed by atoms with Crippen molar-refractivity contribution in [3.05, 3.63) is 28.7 Å². The minimum atomic E-state index is -0.492. The van der Waals surface area contributed by atoms with Gasteiger partial charge < -0.3 is 10.6 Å². The van der Waals surface area contributed by atoms with E-state index in [0.29, 0.717) is 16.8 Å². The monoisotopic (exact) mass is 410 g/mol. The number of amidine groups is 1. The van der Waals surface area contributed by atoms with Gasteiger partial charge in [-0.1, -0.05) is 41.5 Å². The van der Waals surface area contributed by atoms with Gasteiger partial charge in [0.05, 0.1) is 0 Å². The van der Waals surface area contributed by atoms with Crippen LogP contribution >= 0.6 is 27.7 Å². The molecule has 0 aromatic heterocycles. The molecule has 0 saturated carbocycles. The Morgan fingerprint density at radius 3 is 2.67 bits per heavy atom. The Bertz CT molecular complexity index is 686. The van der Waals surface area contributed by atoms with Gasteiger partial charge in [0.1, 0.15) is 5.25 Å². The molecule has 1 aliphatic heterocycles. The topological polar surface area (TPSA) is 82.9 Å². The van der Waals surface area contributed by atoms with E-state index in [-0.39, 0.29) is 18.2 Å². The van der Waals surface area contributed by atoms with Crippen LogP contribution in [0.2, 0.25) is 0 Å². The van der Waals surface area contributed by atoms with E-state index in [1.165, 1.54) is 11.8 Å². The Morgan fingerprint density at radius 2 is 2.04 bits per heavy atom. The molecule has 2 amide bonds. The first kappa shape index (κ1) is 18.7. The molecule has 1 saturated heterocycles. The third kappa shape index (κ3) is 5.45. The third-order valence-corrected chi connectivity index (χ3v) is 5.01. The van der Waals surface area contributed by atoms with Gasteiger partial charge in [0, 0.05) is 22.3 Å². The SMILES string of the molecule is CC(=NN=C1NC(=O)[C@@H](CC(=O)Nc2ccc(Br)cc2)S1)C(C)C. The number of rotatable bonds is 5. The zero-order chi connectivity index (χ0) is 17.7. The van der Waals surface area contributed by atoms with Crippen molar-refractivity contribution in [3.63, 3.8) is 0 Å². The standard InChI is InChI=1S/C16H19BrN4O2S/c1-9(2)10(3)20-21-16-19-15(23)13(24-16)8-14(22)18-12-6-4-11(17)5-7-12/h4-7,9,13H,8H2,1-3H3,(H,18,22)(H,19,21,23)/t13-/m1/s1. The molecule has 1 heterocycles. The van der Waals surface area contributed by atoms with Gasteiger partial charge in [0.15, 0.2) is 5.17 Å². The number of amides is 2. The third-order valence-electron chi connectivity index (χ3n) is 3.41. The van der Waals surface area contributed by atoms with Crippen molar-refractivity contribution in [3.8, 4) is 0 Å². The molecule has 0 unspecified atom stereocenters. The number of thioether (sulfide) groups is 1. The molecular weight excluding hydrogens is 392 g/mol. The smallest absolute Gasteiger partial charge is 0.240 e. The second-order valence-electron chi connectivity index (χ2n) is 5.66. The first-order chi connectivity index (χ1) is 11.3. The number of nitrogens with one attached hydrogen (secondary N) is 2. The lowest BCUT2D eigenvalue weighted by Crippen LogP contribution is -2.28. The summed E-state index contributed by atoms with van der Waals surface area (Å²) in [6, 6.07) is 7.26.